The van der Waals surface area contributed by atoms with Gasteiger partial charge >= 0.3 is 0 Å². The van der Waals surface area contributed by atoms with Crippen molar-refractivity contribution in [2.75, 3.05) is 5.32 Å². The summed E-state index contributed by atoms with van der Waals surface area (Å²) in [5.41, 5.74) is 2.59. The molecule has 0 spiro atoms. The van der Waals surface area contributed by atoms with Gasteiger partial charge in [-0.15, -0.1) is 0 Å². The summed E-state index contributed by atoms with van der Waals surface area (Å²) in [7, 11) is 0. The molecule has 1 aliphatic carbocycles. The van der Waals surface area contributed by atoms with Crippen molar-refractivity contribution in [3.63, 3.8) is 0 Å². The van der Waals surface area contributed by atoms with Crippen molar-refractivity contribution < 1.29 is 13.6 Å². The van der Waals surface area contributed by atoms with Gasteiger partial charge in [0.25, 0.3) is 11.5 Å². The largest absolute Gasteiger partial charge is 0.322 e. The highest BCUT2D eigenvalue weighted by Gasteiger charge is 2.18. The highest BCUT2D eigenvalue weighted by atomic mass is 19.1. The molecular weight excluding hydrogens is 326 g/mol. The van der Waals surface area contributed by atoms with Gasteiger partial charge in [-0.2, -0.15) is 0 Å². The number of amides is 1. The quantitative estimate of drug-likeness (QED) is 0.749. The Balaban J connectivity index is 1.69. The van der Waals surface area contributed by atoms with Crippen LogP contribution in [-0.4, -0.2) is 10.9 Å². The monoisotopic (exact) mass is 340 g/mol. The highest BCUT2D eigenvalue weighted by Crippen LogP contribution is 2.28. The van der Waals surface area contributed by atoms with Crippen molar-refractivity contribution in [1.82, 2.24) is 4.98 Å². The molecule has 0 saturated carbocycles. The Kier molecular flexibility index (Phi) is 3.60. The lowest BCUT2D eigenvalue weighted by atomic mass is 10.1. The van der Waals surface area contributed by atoms with Gasteiger partial charge in [0, 0.05) is 22.7 Å². The van der Waals surface area contributed by atoms with Crippen LogP contribution in [0.15, 0.2) is 41.2 Å². The van der Waals surface area contributed by atoms with Gasteiger partial charge in [0.1, 0.15) is 11.6 Å². The predicted octanol–water partition coefficient (Wildman–Crippen LogP) is 3.55. The van der Waals surface area contributed by atoms with Crippen molar-refractivity contribution in [3.05, 3.63) is 75.1 Å². The maximum absolute atomic E-state index is 13.7. The number of anilines is 1. The lowest BCUT2D eigenvalue weighted by Gasteiger charge is -2.09. The Morgan fingerprint density at radius 3 is 2.64 bits per heavy atom. The van der Waals surface area contributed by atoms with Crippen molar-refractivity contribution in [3.8, 4) is 0 Å². The van der Waals surface area contributed by atoms with Gasteiger partial charge in [0.05, 0.1) is 11.1 Å². The summed E-state index contributed by atoms with van der Waals surface area (Å²) < 4.78 is 26.7. The molecule has 1 aliphatic rings. The summed E-state index contributed by atoms with van der Waals surface area (Å²) in [4.78, 5) is 27.2. The summed E-state index contributed by atoms with van der Waals surface area (Å²) in [6, 6.07) is 7.98. The van der Waals surface area contributed by atoms with Crippen molar-refractivity contribution in [2.24, 2.45) is 0 Å². The van der Waals surface area contributed by atoms with Gasteiger partial charge in [0.15, 0.2) is 0 Å². The molecule has 4 nitrogen and oxygen atoms in total. The second-order valence-corrected chi connectivity index (χ2v) is 6.10. The van der Waals surface area contributed by atoms with E-state index >= 15 is 0 Å². The summed E-state index contributed by atoms with van der Waals surface area (Å²) in [6.45, 7) is 0. The fraction of sp³-hybridized carbons (Fsp3) is 0.158. The minimum absolute atomic E-state index is 0.104. The van der Waals surface area contributed by atoms with E-state index in [1.807, 2.05) is 6.07 Å². The van der Waals surface area contributed by atoms with E-state index in [-0.39, 0.29) is 11.1 Å². The molecule has 0 bridgehead atoms. The average Bonchev–Trinajstić information content (AvgIpc) is 3.05. The first kappa shape index (κ1) is 15.5. The average molecular weight is 340 g/mol. The second-order valence-electron chi connectivity index (χ2n) is 6.10. The molecule has 3 aromatic rings. The fourth-order valence-electron chi connectivity index (χ4n) is 3.35. The molecular formula is C19H14F2N2O2. The summed E-state index contributed by atoms with van der Waals surface area (Å²) in [6.07, 6.45) is 2.60. The van der Waals surface area contributed by atoms with Crippen molar-refractivity contribution >= 4 is 22.5 Å². The van der Waals surface area contributed by atoms with Crippen LogP contribution in [0.4, 0.5) is 14.5 Å². The molecule has 1 amide bonds. The van der Waals surface area contributed by atoms with Crippen LogP contribution in [0, 0.1) is 11.6 Å². The minimum atomic E-state index is -0.926. The van der Waals surface area contributed by atoms with Gasteiger partial charge in [-0.25, -0.2) is 8.78 Å². The topological polar surface area (TPSA) is 62.0 Å². The number of aromatic nitrogens is 1. The molecule has 0 fully saturated rings. The number of hydrogen-bond acceptors (Lipinski definition) is 2. The molecule has 2 N–H and O–H groups in total. The maximum Gasteiger partial charge on any atom is 0.258 e. The van der Waals surface area contributed by atoms with Gasteiger partial charge in [-0.05, 0) is 49.1 Å². The third kappa shape index (κ3) is 2.69. The Morgan fingerprint density at radius 2 is 1.84 bits per heavy atom. The summed E-state index contributed by atoms with van der Waals surface area (Å²) >= 11 is 0. The molecule has 2 aromatic carbocycles. The Hall–Kier alpha value is -3.02. The number of hydrogen-bond donors (Lipinski definition) is 2. The normalized spacial score (nSPS) is 13.0. The number of aromatic amines is 1. The number of H-pyrrole nitrogens is 1. The number of pyridine rings is 1. The minimum Gasteiger partial charge on any atom is -0.322 e. The number of nitrogens with one attached hydrogen (secondary N) is 2. The summed E-state index contributed by atoms with van der Waals surface area (Å²) in [5.74, 6) is -2.35. The van der Waals surface area contributed by atoms with Crippen LogP contribution >= 0.6 is 0 Å². The first-order valence-corrected chi connectivity index (χ1v) is 7.97. The first-order valence-electron chi connectivity index (χ1n) is 7.97. The Morgan fingerprint density at radius 1 is 1.04 bits per heavy atom. The van der Waals surface area contributed by atoms with E-state index < -0.39 is 17.5 Å². The zero-order valence-electron chi connectivity index (χ0n) is 13.2. The van der Waals surface area contributed by atoms with Crippen LogP contribution < -0.4 is 10.9 Å². The standard InChI is InChI=1S/C19H14F2N2O2/c20-10-4-6-15(16(21)8-10)19(25)22-11-5-7-13-12-2-1-3-14(12)18(24)23-17(13)9-11/h4-9H,1-3H2,(H,22,25)(H,23,24). The number of fused-ring (bicyclic) bond motifs is 3. The van der Waals surface area contributed by atoms with Crippen molar-refractivity contribution in [1.29, 1.82) is 0 Å². The maximum atomic E-state index is 13.7. The second kappa shape index (κ2) is 5.81. The van der Waals surface area contributed by atoms with E-state index in [1.165, 1.54) is 0 Å². The SMILES string of the molecule is O=C(Nc1ccc2c3c(c(=O)[nH]c2c1)CCC3)c1ccc(F)cc1F. The van der Waals surface area contributed by atoms with Crippen LogP contribution in [-0.2, 0) is 12.8 Å². The number of rotatable bonds is 2. The zero-order valence-corrected chi connectivity index (χ0v) is 13.2. The number of halogens is 2. The Labute approximate surface area is 141 Å². The molecule has 0 saturated heterocycles. The van der Waals surface area contributed by atoms with Crippen LogP contribution in [0.5, 0.6) is 0 Å². The van der Waals surface area contributed by atoms with Crippen molar-refractivity contribution in [2.45, 2.75) is 19.3 Å². The molecule has 126 valence electrons. The highest BCUT2D eigenvalue weighted by molar-refractivity contribution is 6.05. The van der Waals surface area contributed by atoms with Crippen LogP contribution in [0.3, 0.4) is 0 Å². The molecule has 0 unspecified atom stereocenters. The van der Waals surface area contributed by atoms with Gasteiger partial charge in [-0.3, -0.25) is 9.59 Å². The molecule has 6 heteroatoms. The summed E-state index contributed by atoms with van der Waals surface area (Å²) in [5, 5.41) is 3.53. The number of aryl methyl sites for hydroxylation is 1. The van der Waals surface area contributed by atoms with Crippen LogP contribution in [0.2, 0.25) is 0 Å². The number of carbonyl (C=O) groups excluding carboxylic acids is 1. The molecule has 0 radical (unpaired) electrons. The Bertz CT molecular complexity index is 1070. The molecule has 0 atom stereocenters. The zero-order chi connectivity index (χ0) is 17.6. The third-order valence-corrected chi connectivity index (χ3v) is 4.52. The predicted molar refractivity (Wildman–Crippen MR) is 90.9 cm³/mol. The van der Waals surface area contributed by atoms with E-state index in [0.29, 0.717) is 17.3 Å². The van der Waals surface area contributed by atoms with Crippen LogP contribution in [0.25, 0.3) is 10.9 Å². The molecule has 4 rings (SSSR count). The van der Waals surface area contributed by atoms with E-state index in [2.05, 4.69) is 10.3 Å². The smallest absolute Gasteiger partial charge is 0.258 e. The van der Waals surface area contributed by atoms with E-state index in [1.54, 1.807) is 12.1 Å². The van der Waals surface area contributed by atoms with Crippen LogP contribution in [0.1, 0.15) is 27.9 Å². The van der Waals surface area contributed by atoms with E-state index in [4.69, 9.17) is 0 Å². The van der Waals surface area contributed by atoms with E-state index in [0.717, 1.165) is 47.9 Å². The fourth-order valence-corrected chi connectivity index (χ4v) is 3.35. The first-order chi connectivity index (χ1) is 12.0. The third-order valence-electron chi connectivity index (χ3n) is 4.52. The van der Waals surface area contributed by atoms with Gasteiger partial charge in [0.2, 0.25) is 0 Å². The lowest BCUT2D eigenvalue weighted by Crippen LogP contribution is -2.15. The molecule has 0 aliphatic heterocycles. The number of carbonyl (C=O) groups is 1. The van der Waals surface area contributed by atoms with Gasteiger partial charge in [-0.1, -0.05) is 6.07 Å². The molecule has 25 heavy (non-hydrogen) atoms. The lowest BCUT2D eigenvalue weighted by molar-refractivity contribution is 0.102. The van der Waals surface area contributed by atoms with Gasteiger partial charge < -0.3 is 10.3 Å². The number of benzene rings is 2. The molecule has 1 heterocycles. The van der Waals surface area contributed by atoms with E-state index in [9.17, 15) is 18.4 Å². The molecule has 1 aromatic heterocycles.